The molecule has 0 unspecified atom stereocenters. The molecule has 3 heteroatoms. The van der Waals surface area contributed by atoms with E-state index < -0.39 is 0 Å². The second-order valence-corrected chi connectivity index (χ2v) is 6.43. The van der Waals surface area contributed by atoms with Crippen molar-refractivity contribution in [3.8, 4) is 5.75 Å². The summed E-state index contributed by atoms with van der Waals surface area (Å²) >= 11 is 0. The van der Waals surface area contributed by atoms with Crippen molar-refractivity contribution in [3.05, 3.63) is 24.3 Å². The van der Waals surface area contributed by atoms with Crippen LogP contribution in [0.3, 0.4) is 0 Å². The lowest BCUT2D eigenvalue weighted by atomic mass is 10.0. The van der Waals surface area contributed by atoms with Crippen molar-refractivity contribution in [1.82, 2.24) is 0 Å². The van der Waals surface area contributed by atoms with E-state index in [2.05, 4.69) is 5.32 Å². The smallest absolute Gasteiger partial charge is 0.228 e. The van der Waals surface area contributed by atoms with Gasteiger partial charge in [-0.15, -0.1) is 0 Å². The van der Waals surface area contributed by atoms with Gasteiger partial charge in [0, 0.05) is 5.92 Å². The molecular formula is C17H21NO2. The van der Waals surface area contributed by atoms with Gasteiger partial charge in [0.2, 0.25) is 5.91 Å². The van der Waals surface area contributed by atoms with Crippen molar-refractivity contribution in [2.24, 2.45) is 29.6 Å². The van der Waals surface area contributed by atoms with Crippen molar-refractivity contribution in [1.29, 1.82) is 0 Å². The second-order valence-electron chi connectivity index (χ2n) is 6.43. The first-order chi connectivity index (χ1) is 9.79. The van der Waals surface area contributed by atoms with Gasteiger partial charge in [0.25, 0.3) is 0 Å². The van der Waals surface area contributed by atoms with Gasteiger partial charge in [0.05, 0.1) is 12.3 Å². The fraction of sp³-hybridized carbons (Fsp3) is 0.588. The highest BCUT2D eigenvalue weighted by molar-refractivity contribution is 5.96. The molecular weight excluding hydrogens is 250 g/mol. The van der Waals surface area contributed by atoms with Crippen LogP contribution in [0.5, 0.6) is 5.75 Å². The van der Waals surface area contributed by atoms with E-state index in [4.69, 9.17) is 4.74 Å². The lowest BCUT2D eigenvalue weighted by molar-refractivity contribution is -0.118. The monoisotopic (exact) mass is 271 g/mol. The minimum absolute atomic E-state index is 0.212. The fourth-order valence-corrected chi connectivity index (χ4v) is 4.74. The van der Waals surface area contributed by atoms with Gasteiger partial charge in [0.1, 0.15) is 5.75 Å². The van der Waals surface area contributed by atoms with E-state index >= 15 is 0 Å². The van der Waals surface area contributed by atoms with E-state index in [-0.39, 0.29) is 11.8 Å². The molecule has 0 saturated heterocycles. The average Bonchev–Trinajstić information content (AvgIpc) is 2.90. The number of para-hydroxylation sites is 2. The van der Waals surface area contributed by atoms with Crippen LogP contribution < -0.4 is 10.1 Å². The molecule has 4 atom stereocenters. The van der Waals surface area contributed by atoms with Gasteiger partial charge in [-0.3, -0.25) is 4.79 Å². The van der Waals surface area contributed by atoms with Crippen LogP contribution >= 0.6 is 0 Å². The summed E-state index contributed by atoms with van der Waals surface area (Å²) in [7, 11) is 0. The highest BCUT2D eigenvalue weighted by Gasteiger charge is 2.67. The summed E-state index contributed by atoms with van der Waals surface area (Å²) in [5, 5.41) is 3.09. The number of carbonyl (C=O) groups excluding carboxylic acids is 1. The summed E-state index contributed by atoms with van der Waals surface area (Å²) < 4.78 is 5.57. The summed E-state index contributed by atoms with van der Waals surface area (Å²) in [4.78, 5) is 12.5. The van der Waals surface area contributed by atoms with Gasteiger partial charge in [0.15, 0.2) is 0 Å². The third-order valence-corrected chi connectivity index (χ3v) is 5.48. The van der Waals surface area contributed by atoms with E-state index in [0.29, 0.717) is 18.4 Å². The molecule has 20 heavy (non-hydrogen) atoms. The highest BCUT2D eigenvalue weighted by Crippen LogP contribution is 2.69. The van der Waals surface area contributed by atoms with E-state index in [1.807, 2.05) is 31.2 Å². The number of fused-ring (bicyclic) bond motifs is 5. The zero-order valence-electron chi connectivity index (χ0n) is 11.8. The average molecular weight is 271 g/mol. The van der Waals surface area contributed by atoms with Crippen molar-refractivity contribution in [2.75, 3.05) is 11.9 Å². The van der Waals surface area contributed by atoms with Crippen molar-refractivity contribution in [3.63, 3.8) is 0 Å². The Hall–Kier alpha value is -1.51. The van der Waals surface area contributed by atoms with Crippen LogP contribution in [0.1, 0.15) is 26.2 Å². The SMILES string of the molecule is CCOc1ccccc1NC(=O)C1[C@@H]2[C@H]3CC[C@@H](C3)[C@@H]12. The molecule has 1 amide bonds. The number of rotatable bonds is 4. The standard InChI is InChI=1S/C17H21NO2/c1-2-20-13-6-4-3-5-12(13)18-17(19)16-14-10-7-8-11(9-10)15(14)16/h3-6,10-11,14-16H,2,7-9H2,1H3,(H,18,19)/t10-,11-,14+,15+/m0/s1. The molecule has 0 radical (unpaired) electrons. The topological polar surface area (TPSA) is 38.3 Å². The first-order valence-corrected chi connectivity index (χ1v) is 7.82. The molecule has 4 rings (SSSR count). The van der Waals surface area contributed by atoms with Crippen LogP contribution in [-0.4, -0.2) is 12.5 Å². The Bertz CT molecular complexity index is 526. The van der Waals surface area contributed by atoms with Crippen LogP contribution in [0.25, 0.3) is 0 Å². The molecule has 2 bridgehead atoms. The molecule has 3 nitrogen and oxygen atoms in total. The maximum atomic E-state index is 12.5. The van der Waals surface area contributed by atoms with E-state index in [1.54, 1.807) is 0 Å². The van der Waals surface area contributed by atoms with Crippen molar-refractivity contribution < 1.29 is 9.53 Å². The molecule has 106 valence electrons. The van der Waals surface area contributed by atoms with E-state index in [1.165, 1.54) is 19.3 Å². The molecule has 0 aromatic heterocycles. The van der Waals surface area contributed by atoms with Gasteiger partial charge in [-0.2, -0.15) is 0 Å². The summed E-state index contributed by atoms with van der Waals surface area (Å²) in [6.45, 7) is 2.58. The molecule has 3 aliphatic rings. The number of hydrogen-bond acceptors (Lipinski definition) is 2. The maximum absolute atomic E-state index is 12.5. The molecule has 3 aliphatic carbocycles. The lowest BCUT2D eigenvalue weighted by Crippen LogP contribution is -2.19. The van der Waals surface area contributed by atoms with Gasteiger partial charge in [-0.05, 0) is 62.0 Å². The Kier molecular flexibility index (Phi) is 2.76. The van der Waals surface area contributed by atoms with Crippen LogP contribution in [0.15, 0.2) is 24.3 Å². The predicted octanol–water partition coefficient (Wildman–Crippen LogP) is 3.32. The minimum Gasteiger partial charge on any atom is -0.492 e. The first-order valence-electron chi connectivity index (χ1n) is 7.82. The zero-order chi connectivity index (χ0) is 13.7. The molecule has 0 heterocycles. The third kappa shape index (κ3) is 1.75. The minimum atomic E-state index is 0.212. The number of ether oxygens (including phenoxy) is 1. The molecule has 3 saturated carbocycles. The number of hydrogen-bond donors (Lipinski definition) is 1. The Labute approximate surface area is 119 Å². The number of carbonyl (C=O) groups is 1. The van der Waals surface area contributed by atoms with Crippen LogP contribution in [-0.2, 0) is 4.79 Å². The van der Waals surface area contributed by atoms with Crippen LogP contribution in [0, 0.1) is 29.6 Å². The highest BCUT2D eigenvalue weighted by atomic mass is 16.5. The van der Waals surface area contributed by atoms with Crippen LogP contribution in [0.4, 0.5) is 5.69 Å². The largest absolute Gasteiger partial charge is 0.492 e. The van der Waals surface area contributed by atoms with E-state index in [9.17, 15) is 4.79 Å². The van der Waals surface area contributed by atoms with Crippen molar-refractivity contribution in [2.45, 2.75) is 26.2 Å². The van der Waals surface area contributed by atoms with Gasteiger partial charge >= 0.3 is 0 Å². The molecule has 1 aromatic carbocycles. The number of benzene rings is 1. The molecule has 0 aliphatic heterocycles. The lowest BCUT2D eigenvalue weighted by Gasteiger charge is -2.13. The summed E-state index contributed by atoms with van der Waals surface area (Å²) in [5.74, 6) is 4.31. The number of anilines is 1. The normalized spacial score (nSPS) is 36.5. The maximum Gasteiger partial charge on any atom is 0.228 e. The Morgan fingerprint density at radius 3 is 2.65 bits per heavy atom. The number of amides is 1. The third-order valence-electron chi connectivity index (χ3n) is 5.48. The Morgan fingerprint density at radius 1 is 1.25 bits per heavy atom. The molecule has 0 spiro atoms. The predicted molar refractivity (Wildman–Crippen MR) is 77.5 cm³/mol. The quantitative estimate of drug-likeness (QED) is 0.912. The Balaban J connectivity index is 1.47. The van der Waals surface area contributed by atoms with Crippen molar-refractivity contribution >= 4 is 11.6 Å². The zero-order valence-corrected chi connectivity index (χ0v) is 11.8. The van der Waals surface area contributed by atoms with Crippen LogP contribution in [0.2, 0.25) is 0 Å². The second kappa shape index (κ2) is 4.51. The molecule has 1 N–H and O–H groups in total. The fourth-order valence-electron chi connectivity index (χ4n) is 4.74. The first kappa shape index (κ1) is 12.2. The van der Waals surface area contributed by atoms with Gasteiger partial charge in [-0.25, -0.2) is 0 Å². The summed E-state index contributed by atoms with van der Waals surface area (Å²) in [5.41, 5.74) is 0.816. The Morgan fingerprint density at radius 2 is 1.95 bits per heavy atom. The summed E-state index contributed by atoms with van der Waals surface area (Å²) in [6, 6.07) is 7.72. The van der Waals surface area contributed by atoms with Gasteiger partial charge < -0.3 is 10.1 Å². The summed E-state index contributed by atoms with van der Waals surface area (Å²) in [6.07, 6.45) is 4.09. The molecule has 3 fully saturated rings. The van der Waals surface area contributed by atoms with Gasteiger partial charge in [-0.1, -0.05) is 12.1 Å². The van der Waals surface area contributed by atoms with E-state index in [0.717, 1.165) is 23.3 Å². The molecule has 1 aromatic rings. The number of nitrogens with one attached hydrogen (secondary N) is 1.